The fraction of sp³-hybridized carbons (Fsp3) is 0.333. The molecule has 0 bridgehead atoms. The first kappa shape index (κ1) is 34.9. The molecule has 11 nitrogen and oxygen atoms in total. The largest absolute Gasteiger partial charge is 0.494 e. The average molecular weight is 646 g/mol. The molecule has 0 amide bonds. The number of benzene rings is 3. The third-order valence-electron chi connectivity index (χ3n) is 6.91. The van der Waals surface area contributed by atoms with Gasteiger partial charge in [0.05, 0.1) is 42.9 Å². The third-order valence-corrected chi connectivity index (χ3v) is 6.91. The Labute approximate surface area is 272 Å². The standard InChI is InChI=1S/C36H39NO10/c1-3-32(38)44-22-7-5-6-20-42-27-14-10-25(11-15-27)34-37-31-19-18-29(24-30(31)36(41)47-34)46-35(40)26-12-16-28(17-13-26)43-21-8-9-23-45-33(39)4-2/h4,10-19,24,33,39H,2-3,5-9,20-23H2,1H3. The number of aliphatic hydroxyl groups is 1. The molecule has 11 heteroatoms. The van der Waals surface area contributed by atoms with Crippen LogP contribution in [0.4, 0.5) is 0 Å². The lowest BCUT2D eigenvalue weighted by molar-refractivity contribution is -0.143. The number of unbranched alkanes of at least 4 members (excludes halogenated alkanes) is 3. The van der Waals surface area contributed by atoms with Crippen molar-refractivity contribution in [3.05, 3.63) is 95.4 Å². The summed E-state index contributed by atoms with van der Waals surface area (Å²) in [6.45, 7) is 7.01. The number of carbonyl (C=O) groups excluding carboxylic acids is 2. The minimum Gasteiger partial charge on any atom is -0.494 e. The first-order valence-electron chi connectivity index (χ1n) is 15.6. The summed E-state index contributed by atoms with van der Waals surface area (Å²) in [4.78, 5) is 41.2. The van der Waals surface area contributed by atoms with Crippen LogP contribution in [-0.4, -0.2) is 54.7 Å². The number of esters is 2. The van der Waals surface area contributed by atoms with Crippen molar-refractivity contribution in [3.8, 4) is 28.7 Å². The van der Waals surface area contributed by atoms with Crippen molar-refractivity contribution < 1.29 is 42.8 Å². The fourth-order valence-corrected chi connectivity index (χ4v) is 4.31. The van der Waals surface area contributed by atoms with Gasteiger partial charge >= 0.3 is 17.6 Å². The molecule has 248 valence electrons. The topological polar surface area (TPSA) is 144 Å². The Balaban J connectivity index is 1.26. The van der Waals surface area contributed by atoms with E-state index >= 15 is 0 Å². The summed E-state index contributed by atoms with van der Waals surface area (Å²) < 4.78 is 32.6. The van der Waals surface area contributed by atoms with Crippen LogP contribution in [0.5, 0.6) is 17.2 Å². The van der Waals surface area contributed by atoms with Gasteiger partial charge in [0.15, 0.2) is 6.29 Å². The van der Waals surface area contributed by atoms with Gasteiger partial charge in [0.2, 0.25) is 5.89 Å². The van der Waals surface area contributed by atoms with E-state index in [1.165, 1.54) is 12.1 Å². The van der Waals surface area contributed by atoms with Gasteiger partial charge in [-0.3, -0.25) is 4.79 Å². The number of hydrogen-bond acceptors (Lipinski definition) is 11. The lowest BCUT2D eigenvalue weighted by Crippen LogP contribution is -2.10. The molecule has 0 fully saturated rings. The van der Waals surface area contributed by atoms with Gasteiger partial charge in [-0.05, 0) is 105 Å². The molecule has 1 heterocycles. The predicted octanol–water partition coefficient (Wildman–Crippen LogP) is 6.26. The normalized spacial score (nSPS) is 11.5. The minimum atomic E-state index is -0.963. The molecule has 1 aromatic heterocycles. The van der Waals surface area contributed by atoms with E-state index in [1.807, 2.05) is 0 Å². The predicted molar refractivity (Wildman–Crippen MR) is 175 cm³/mol. The highest BCUT2D eigenvalue weighted by Gasteiger charge is 2.13. The van der Waals surface area contributed by atoms with E-state index in [-0.39, 0.29) is 23.0 Å². The summed E-state index contributed by atoms with van der Waals surface area (Å²) in [5, 5.41) is 9.46. The van der Waals surface area contributed by atoms with Crippen molar-refractivity contribution in [1.82, 2.24) is 4.98 Å². The van der Waals surface area contributed by atoms with Gasteiger partial charge in [-0.25, -0.2) is 14.6 Å². The number of rotatable bonds is 19. The van der Waals surface area contributed by atoms with Crippen molar-refractivity contribution in [2.45, 2.75) is 51.7 Å². The summed E-state index contributed by atoms with van der Waals surface area (Å²) in [6.07, 6.45) is 4.67. The lowest BCUT2D eigenvalue weighted by atomic mass is 10.2. The fourth-order valence-electron chi connectivity index (χ4n) is 4.31. The highest BCUT2D eigenvalue weighted by Crippen LogP contribution is 2.24. The van der Waals surface area contributed by atoms with E-state index < -0.39 is 17.9 Å². The summed E-state index contributed by atoms with van der Waals surface area (Å²) in [5.41, 5.74) is 0.699. The molecule has 4 rings (SSSR count). The number of nitrogens with zero attached hydrogens (tertiary/aromatic N) is 1. The summed E-state index contributed by atoms with van der Waals surface area (Å²) >= 11 is 0. The molecule has 0 aliphatic carbocycles. The highest BCUT2D eigenvalue weighted by molar-refractivity contribution is 5.92. The summed E-state index contributed by atoms with van der Waals surface area (Å²) in [7, 11) is 0. The molecule has 1 atom stereocenters. The Kier molecular flexibility index (Phi) is 13.5. The molecule has 3 aromatic carbocycles. The van der Waals surface area contributed by atoms with Crippen LogP contribution in [0.15, 0.2) is 88.6 Å². The smallest absolute Gasteiger partial charge is 0.347 e. The Morgan fingerprint density at radius 1 is 0.851 bits per heavy atom. The van der Waals surface area contributed by atoms with Gasteiger partial charge in [-0.1, -0.05) is 13.5 Å². The second-order valence-electron chi connectivity index (χ2n) is 10.5. The Hall–Kier alpha value is -5.00. The zero-order chi connectivity index (χ0) is 33.4. The SMILES string of the molecule is C=CC(O)OCCCCOc1ccc(C(=O)Oc2ccc3nc(-c4ccc(OCCCCCOC(=O)CC)cc4)oc(=O)c3c2)cc1. The number of carbonyl (C=O) groups is 2. The number of aliphatic hydroxyl groups excluding tert-OH is 1. The quantitative estimate of drug-likeness (QED) is 0.0406. The van der Waals surface area contributed by atoms with Gasteiger partial charge in [-0.15, -0.1) is 0 Å². The van der Waals surface area contributed by atoms with Crippen LogP contribution in [0.2, 0.25) is 0 Å². The van der Waals surface area contributed by atoms with E-state index in [1.54, 1.807) is 67.6 Å². The second kappa shape index (κ2) is 18.2. The number of hydrogen-bond donors (Lipinski definition) is 1. The maximum Gasteiger partial charge on any atom is 0.347 e. The zero-order valence-electron chi connectivity index (χ0n) is 26.4. The Morgan fingerprint density at radius 2 is 1.47 bits per heavy atom. The number of aromatic nitrogens is 1. The molecule has 0 saturated carbocycles. The van der Waals surface area contributed by atoms with E-state index in [4.69, 9.17) is 28.1 Å². The molecule has 0 spiro atoms. The van der Waals surface area contributed by atoms with Crippen LogP contribution in [0.1, 0.15) is 55.8 Å². The van der Waals surface area contributed by atoms with E-state index in [2.05, 4.69) is 11.6 Å². The van der Waals surface area contributed by atoms with Crippen LogP contribution in [0, 0.1) is 0 Å². The molecule has 0 aliphatic rings. The average Bonchev–Trinajstić information content (AvgIpc) is 3.09. The summed E-state index contributed by atoms with van der Waals surface area (Å²) in [5.74, 6) is 0.821. The van der Waals surface area contributed by atoms with Crippen molar-refractivity contribution in [3.63, 3.8) is 0 Å². The Morgan fingerprint density at radius 3 is 2.15 bits per heavy atom. The van der Waals surface area contributed by atoms with Crippen LogP contribution >= 0.6 is 0 Å². The van der Waals surface area contributed by atoms with Gasteiger partial charge in [-0.2, -0.15) is 0 Å². The molecule has 47 heavy (non-hydrogen) atoms. The van der Waals surface area contributed by atoms with Crippen LogP contribution in [0.3, 0.4) is 0 Å². The number of ether oxygens (including phenoxy) is 5. The molecular formula is C36H39NO10. The van der Waals surface area contributed by atoms with Gasteiger partial charge in [0.1, 0.15) is 17.2 Å². The summed E-state index contributed by atoms with van der Waals surface area (Å²) in [6, 6.07) is 18.2. The van der Waals surface area contributed by atoms with Gasteiger partial charge in [0.25, 0.3) is 0 Å². The highest BCUT2D eigenvalue weighted by atomic mass is 16.6. The van der Waals surface area contributed by atoms with Crippen molar-refractivity contribution >= 4 is 22.8 Å². The third kappa shape index (κ3) is 11.1. The monoisotopic (exact) mass is 645 g/mol. The molecule has 1 unspecified atom stereocenters. The van der Waals surface area contributed by atoms with E-state index in [9.17, 15) is 19.5 Å². The van der Waals surface area contributed by atoms with Crippen LogP contribution in [-0.2, 0) is 14.3 Å². The number of fused-ring (bicyclic) bond motifs is 1. The molecule has 0 saturated heterocycles. The van der Waals surface area contributed by atoms with Crippen molar-refractivity contribution in [2.24, 2.45) is 0 Å². The van der Waals surface area contributed by atoms with Crippen LogP contribution < -0.4 is 19.8 Å². The molecule has 0 aliphatic heterocycles. The maximum atomic E-state index is 12.8. The van der Waals surface area contributed by atoms with E-state index in [0.29, 0.717) is 67.4 Å². The molecule has 0 radical (unpaired) electrons. The maximum absolute atomic E-state index is 12.8. The van der Waals surface area contributed by atoms with Gasteiger partial charge in [0, 0.05) is 12.0 Å². The zero-order valence-corrected chi connectivity index (χ0v) is 26.4. The van der Waals surface area contributed by atoms with Gasteiger partial charge < -0.3 is 33.2 Å². The van der Waals surface area contributed by atoms with E-state index in [0.717, 1.165) is 25.7 Å². The van der Waals surface area contributed by atoms with Crippen molar-refractivity contribution in [1.29, 1.82) is 0 Å². The molecule has 1 N–H and O–H groups in total. The first-order valence-corrected chi connectivity index (χ1v) is 15.6. The first-order chi connectivity index (χ1) is 22.9. The molecule has 4 aromatic rings. The second-order valence-corrected chi connectivity index (χ2v) is 10.5. The Bertz CT molecular complexity index is 1660. The lowest BCUT2D eigenvalue weighted by Gasteiger charge is -2.09. The van der Waals surface area contributed by atoms with Crippen molar-refractivity contribution in [2.75, 3.05) is 26.4 Å². The molecular weight excluding hydrogens is 606 g/mol. The van der Waals surface area contributed by atoms with Crippen LogP contribution in [0.25, 0.3) is 22.4 Å². The minimum absolute atomic E-state index is 0.155.